The van der Waals surface area contributed by atoms with Gasteiger partial charge < -0.3 is 4.98 Å². The fourth-order valence-corrected chi connectivity index (χ4v) is 3.83. The lowest BCUT2D eigenvalue weighted by atomic mass is 10.2. The number of nitrogens with zero attached hydrogens (tertiary/aromatic N) is 4. The highest BCUT2D eigenvalue weighted by Gasteiger charge is 2.38. The van der Waals surface area contributed by atoms with E-state index in [1.807, 2.05) is 0 Å². The van der Waals surface area contributed by atoms with Crippen LogP contribution in [0.5, 0.6) is 0 Å². The molecule has 128 valence electrons. The fourth-order valence-electron chi connectivity index (χ4n) is 2.86. The topological polar surface area (TPSA) is 86.8 Å². The highest BCUT2D eigenvalue weighted by atomic mass is 32.2. The van der Waals surface area contributed by atoms with Crippen molar-refractivity contribution in [1.82, 2.24) is 25.3 Å². The lowest BCUT2D eigenvalue weighted by molar-refractivity contribution is -0.118. The van der Waals surface area contributed by atoms with Crippen LogP contribution < -0.4 is 10.2 Å². The number of fused-ring (bicyclic) bond motifs is 1. The summed E-state index contributed by atoms with van der Waals surface area (Å²) >= 11 is 1.45. The van der Waals surface area contributed by atoms with E-state index in [1.165, 1.54) is 29.1 Å². The van der Waals surface area contributed by atoms with Crippen molar-refractivity contribution in [2.45, 2.75) is 24.2 Å². The van der Waals surface area contributed by atoms with Crippen LogP contribution in [0.2, 0.25) is 0 Å². The van der Waals surface area contributed by atoms with E-state index in [0.717, 1.165) is 0 Å². The number of para-hydroxylation sites is 1. The molecule has 1 aliphatic heterocycles. The van der Waals surface area contributed by atoms with E-state index < -0.39 is 5.82 Å². The molecule has 2 aromatic heterocycles. The first kappa shape index (κ1) is 16.0. The van der Waals surface area contributed by atoms with Crippen molar-refractivity contribution in [1.29, 1.82) is 0 Å². The first-order chi connectivity index (χ1) is 12.1. The van der Waals surface area contributed by atoms with E-state index in [1.54, 1.807) is 31.5 Å². The van der Waals surface area contributed by atoms with Crippen molar-refractivity contribution in [3.63, 3.8) is 0 Å². The number of carbonyl (C=O) groups excluding carboxylic acids is 1. The summed E-state index contributed by atoms with van der Waals surface area (Å²) in [6.07, 6.45) is 2.69. The molecule has 0 saturated carbocycles. The largest absolute Gasteiger partial charge is 0.329 e. The number of aromatic nitrogens is 4. The number of aromatic amines is 1. The van der Waals surface area contributed by atoms with Gasteiger partial charge in [0.1, 0.15) is 22.7 Å². The molecule has 2 unspecified atom stereocenters. The number of amides is 1. The summed E-state index contributed by atoms with van der Waals surface area (Å²) in [5.74, 6) is -0.0644. The Kier molecular flexibility index (Phi) is 4.10. The second-order valence-electron chi connectivity index (χ2n) is 5.65. The zero-order chi connectivity index (χ0) is 17.4. The number of H-pyrrole nitrogens is 1. The Labute approximate surface area is 147 Å². The van der Waals surface area contributed by atoms with Crippen LogP contribution >= 0.6 is 11.8 Å². The number of anilines is 1. The third-order valence-corrected chi connectivity index (χ3v) is 5.09. The van der Waals surface area contributed by atoms with Crippen molar-refractivity contribution in [3.05, 3.63) is 42.7 Å². The maximum absolute atomic E-state index is 14.2. The molecule has 2 N–H and O–H groups in total. The maximum Gasteiger partial charge on any atom is 0.245 e. The van der Waals surface area contributed by atoms with Crippen LogP contribution in [0.15, 0.2) is 41.9 Å². The molecule has 1 fully saturated rings. The molecule has 25 heavy (non-hydrogen) atoms. The smallest absolute Gasteiger partial charge is 0.245 e. The summed E-state index contributed by atoms with van der Waals surface area (Å²) in [5.41, 5.74) is 1.62. The van der Waals surface area contributed by atoms with Gasteiger partial charge in [0.25, 0.3) is 0 Å². The standard InChI is InChI=1S/C16H15FN6OS/c1-9-16(24)23(11-5-3-2-4-10(11)17)12(22-9)6-25-15-13-14(19-7-18-13)20-8-21-15/h2-5,7-9,12,22H,6H2,1H3,(H,18,19,20,21). The second-order valence-corrected chi connectivity index (χ2v) is 6.66. The van der Waals surface area contributed by atoms with E-state index >= 15 is 0 Å². The fraction of sp³-hybridized carbons (Fsp3) is 0.250. The monoisotopic (exact) mass is 358 g/mol. The highest BCUT2D eigenvalue weighted by Crippen LogP contribution is 2.29. The van der Waals surface area contributed by atoms with Crippen molar-refractivity contribution in [3.8, 4) is 0 Å². The molecule has 0 bridgehead atoms. The Morgan fingerprint density at radius 2 is 2.12 bits per heavy atom. The van der Waals surface area contributed by atoms with Crippen LogP contribution in [0.1, 0.15) is 6.92 Å². The van der Waals surface area contributed by atoms with Gasteiger partial charge in [-0.25, -0.2) is 19.3 Å². The summed E-state index contributed by atoms with van der Waals surface area (Å²) in [6.45, 7) is 1.78. The van der Waals surface area contributed by atoms with Crippen molar-refractivity contribution in [2.75, 3.05) is 10.7 Å². The zero-order valence-corrected chi connectivity index (χ0v) is 14.1. The molecule has 1 aromatic carbocycles. The minimum atomic E-state index is -0.418. The quantitative estimate of drug-likeness (QED) is 0.547. The average Bonchev–Trinajstić information content (AvgIpc) is 3.19. The van der Waals surface area contributed by atoms with Gasteiger partial charge in [-0.1, -0.05) is 12.1 Å². The van der Waals surface area contributed by atoms with Gasteiger partial charge in [-0.3, -0.25) is 15.0 Å². The maximum atomic E-state index is 14.2. The molecule has 9 heteroatoms. The SMILES string of the molecule is CC1NC(CSc2ncnc3[nH]cnc23)N(c2ccccc2F)C1=O. The van der Waals surface area contributed by atoms with Crippen LogP contribution in [0.3, 0.4) is 0 Å². The van der Waals surface area contributed by atoms with Gasteiger partial charge in [0.05, 0.1) is 24.2 Å². The van der Waals surface area contributed by atoms with E-state index in [-0.39, 0.29) is 23.8 Å². The first-order valence-electron chi connectivity index (χ1n) is 7.75. The number of hydrogen-bond donors (Lipinski definition) is 2. The Bertz CT molecular complexity index is 932. The number of halogens is 1. The molecule has 1 amide bonds. The Hall–Kier alpha value is -2.52. The lowest BCUT2D eigenvalue weighted by Crippen LogP contribution is -2.40. The second kappa shape index (κ2) is 6.41. The highest BCUT2D eigenvalue weighted by molar-refractivity contribution is 7.99. The summed E-state index contributed by atoms with van der Waals surface area (Å²) in [5, 5.41) is 3.93. The molecule has 4 rings (SSSR count). The number of benzene rings is 1. The number of rotatable bonds is 4. The summed E-state index contributed by atoms with van der Waals surface area (Å²) < 4.78 is 14.2. The molecule has 0 radical (unpaired) electrons. The van der Waals surface area contributed by atoms with Crippen LogP contribution in [-0.4, -0.2) is 43.8 Å². The van der Waals surface area contributed by atoms with Gasteiger partial charge in [-0.05, 0) is 19.1 Å². The summed E-state index contributed by atoms with van der Waals surface area (Å²) in [4.78, 5) is 29.5. The van der Waals surface area contributed by atoms with Crippen LogP contribution in [0.4, 0.5) is 10.1 Å². The van der Waals surface area contributed by atoms with Gasteiger partial charge in [-0.15, -0.1) is 11.8 Å². The van der Waals surface area contributed by atoms with Gasteiger partial charge in [0.15, 0.2) is 5.65 Å². The van der Waals surface area contributed by atoms with E-state index in [2.05, 4.69) is 25.3 Å². The van der Waals surface area contributed by atoms with Gasteiger partial charge in [0.2, 0.25) is 5.91 Å². The van der Waals surface area contributed by atoms with E-state index in [9.17, 15) is 9.18 Å². The molecular formula is C16H15FN6OS. The van der Waals surface area contributed by atoms with E-state index in [0.29, 0.717) is 21.9 Å². The molecule has 0 aliphatic carbocycles. The van der Waals surface area contributed by atoms with Gasteiger partial charge in [-0.2, -0.15) is 0 Å². The number of imidazole rings is 1. The van der Waals surface area contributed by atoms with Crippen LogP contribution in [0, 0.1) is 5.82 Å². The van der Waals surface area contributed by atoms with Crippen molar-refractivity contribution >= 4 is 34.5 Å². The van der Waals surface area contributed by atoms with Crippen LogP contribution in [0.25, 0.3) is 11.2 Å². The third-order valence-electron chi connectivity index (χ3n) is 4.04. The van der Waals surface area contributed by atoms with Crippen LogP contribution in [-0.2, 0) is 4.79 Å². The number of hydrogen-bond acceptors (Lipinski definition) is 6. The first-order valence-corrected chi connectivity index (χ1v) is 8.74. The lowest BCUT2D eigenvalue weighted by Gasteiger charge is -2.24. The Morgan fingerprint density at radius 3 is 2.96 bits per heavy atom. The predicted molar refractivity (Wildman–Crippen MR) is 92.7 cm³/mol. The molecule has 7 nitrogen and oxygen atoms in total. The molecule has 0 spiro atoms. The minimum absolute atomic E-state index is 0.150. The molecular weight excluding hydrogens is 343 g/mol. The molecule has 1 saturated heterocycles. The Balaban J connectivity index is 1.59. The predicted octanol–water partition coefficient (Wildman–Crippen LogP) is 1.94. The average molecular weight is 358 g/mol. The number of carbonyl (C=O) groups is 1. The summed E-state index contributed by atoms with van der Waals surface area (Å²) in [6, 6.07) is 5.92. The number of nitrogens with one attached hydrogen (secondary N) is 2. The number of thioether (sulfide) groups is 1. The molecule has 3 heterocycles. The zero-order valence-electron chi connectivity index (χ0n) is 13.3. The minimum Gasteiger partial charge on any atom is -0.329 e. The third kappa shape index (κ3) is 2.85. The van der Waals surface area contributed by atoms with Crippen molar-refractivity contribution < 1.29 is 9.18 Å². The molecule has 3 aromatic rings. The van der Waals surface area contributed by atoms with Gasteiger partial charge >= 0.3 is 0 Å². The molecule has 1 aliphatic rings. The van der Waals surface area contributed by atoms with Crippen molar-refractivity contribution in [2.24, 2.45) is 0 Å². The van der Waals surface area contributed by atoms with Gasteiger partial charge in [0, 0.05) is 5.75 Å². The molecule has 2 atom stereocenters. The normalized spacial score (nSPS) is 20.6. The van der Waals surface area contributed by atoms with E-state index in [4.69, 9.17) is 0 Å². The Morgan fingerprint density at radius 1 is 1.28 bits per heavy atom. The summed E-state index contributed by atoms with van der Waals surface area (Å²) in [7, 11) is 0.